The Labute approximate surface area is 187 Å². The molecule has 0 bridgehead atoms. The lowest BCUT2D eigenvalue weighted by Gasteiger charge is -2.31. The van der Waals surface area contributed by atoms with Crippen molar-refractivity contribution in [1.82, 2.24) is 0 Å². The zero-order valence-corrected chi connectivity index (χ0v) is 19.0. The van der Waals surface area contributed by atoms with Crippen LogP contribution in [0.5, 0.6) is 23.0 Å². The maximum absolute atomic E-state index is 13.2. The molecular formula is C25H28O7. The molecule has 1 aliphatic rings. The van der Waals surface area contributed by atoms with E-state index in [9.17, 15) is 9.59 Å². The number of esters is 1. The van der Waals surface area contributed by atoms with Crippen LogP contribution in [0.1, 0.15) is 30.4 Å². The molecule has 32 heavy (non-hydrogen) atoms. The van der Waals surface area contributed by atoms with E-state index in [1.54, 1.807) is 40.4 Å². The van der Waals surface area contributed by atoms with Crippen LogP contribution in [0.15, 0.2) is 42.5 Å². The van der Waals surface area contributed by atoms with Crippen LogP contribution in [-0.4, -0.2) is 46.8 Å². The Morgan fingerprint density at radius 1 is 0.969 bits per heavy atom. The van der Waals surface area contributed by atoms with Gasteiger partial charge in [0.2, 0.25) is 0 Å². The average Bonchev–Trinajstić information content (AvgIpc) is 2.82. The molecule has 2 aromatic rings. The van der Waals surface area contributed by atoms with Gasteiger partial charge < -0.3 is 23.7 Å². The topological polar surface area (TPSA) is 80.3 Å². The van der Waals surface area contributed by atoms with E-state index < -0.39 is 17.8 Å². The van der Waals surface area contributed by atoms with Gasteiger partial charge in [0, 0.05) is 23.1 Å². The minimum Gasteiger partial charge on any atom is -0.497 e. The van der Waals surface area contributed by atoms with Crippen LogP contribution in [0.2, 0.25) is 0 Å². The van der Waals surface area contributed by atoms with Gasteiger partial charge in [0.05, 0.1) is 35.0 Å². The average molecular weight is 440 g/mol. The standard InChI is InChI=1S/C25H28O7/c1-6-32-25(27)23-19(18-8-7-9-21(29-3)24(18)31-5)12-15(13-20(23)26)17-11-10-16(28-2)14-22(17)30-4/h7-11,13-14,19,23H,6,12H2,1-5H3. The van der Waals surface area contributed by atoms with E-state index in [1.165, 1.54) is 13.2 Å². The minimum absolute atomic E-state index is 0.188. The first-order chi connectivity index (χ1) is 15.5. The molecule has 0 radical (unpaired) electrons. The second kappa shape index (κ2) is 10.2. The van der Waals surface area contributed by atoms with Crippen molar-refractivity contribution in [2.24, 2.45) is 5.92 Å². The molecule has 1 aliphatic carbocycles. The first-order valence-electron chi connectivity index (χ1n) is 10.3. The predicted octanol–water partition coefficient (Wildman–Crippen LogP) is 4.04. The summed E-state index contributed by atoms with van der Waals surface area (Å²) < 4.78 is 27.1. The smallest absolute Gasteiger partial charge is 0.317 e. The first kappa shape index (κ1) is 23.2. The second-order valence-corrected chi connectivity index (χ2v) is 7.26. The van der Waals surface area contributed by atoms with Crippen LogP contribution in [0.25, 0.3) is 5.57 Å². The molecule has 0 fully saturated rings. The molecule has 170 valence electrons. The molecule has 0 amide bonds. The molecule has 0 saturated heterocycles. The van der Waals surface area contributed by atoms with Crippen LogP contribution in [0, 0.1) is 5.92 Å². The summed E-state index contributed by atoms with van der Waals surface area (Å²) in [6.45, 7) is 1.91. The zero-order valence-electron chi connectivity index (χ0n) is 19.0. The van der Waals surface area contributed by atoms with Crippen LogP contribution in [-0.2, 0) is 14.3 Å². The molecular weight excluding hydrogens is 412 g/mol. The van der Waals surface area contributed by atoms with Crippen molar-refractivity contribution < 1.29 is 33.3 Å². The first-order valence-corrected chi connectivity index (χ1v) is 10.3. The molecule has 0 spiro atoms. The Morgan fingerprint density at radius 3 is 2.34 bits per heavy atom. The maximum Gasteiger partial charge on any atom is 0.317 e. The third kappa shape index (κ3) is 4.42. The van der Waals surface area contributed by atoms with E-state index in [0.29, 0.717) is 35.0 Å². The van der Waals surface area contributed by atoms with E-state index in [1.807, 2.05) is 24.3 Å². The molecule has 2 unspecified atom stereocenters. The Hall–Kier alpha value is -3.48. The van der Waals surface area contributed by atoms with Gasteiger partial charge in [0.25, 0.3) is 0 Å². The fourth-order valence-corrected chi connectivity index (χ4v) is 4.13. The highest BCUT2D eigenvalue weighted by Gasteiger charge is 2.41. The predicted molar refractivity (Wildman–Crippen MR) is 120 cm³/mol. The fraction of sp³-hybridized carbons (Fsp3) is 0.360. The van der Waals surface area contributed by atoms with Crippen molar-refractivity contribution >= 4 is 17.3 Å². The van der Waals surface area contributed by atoms with Gasteiger partial charge in [-0.05, 0) is 43.2 Å². The summed E-state index contributed by atoms with van der Waals surface area (Å²) >= 11 is 0. The van der Waals surface area contributed by atoms with E-state index >= 15 is 0 Å². The number of carbonyl (C=O) groups is 2. The van der Waals surface area contributed by atoms with Gasteiger partial charge in [-0.2, -0.15) is 0 Å². The number of benzene rings is 2. The van der Waals surface area contributed by atoms with E-state index in [0.717, 1.165) is 11.1 Å². The van der Waals surface area contributed by atoms with Crippen molar-refractivity contribution in [3.05, 3.63) is 53.6 Å². The highest BCUT2D eigenvalue weighted by atomic mass is 16.5. The molecule has 2 atom stereocenters. The largest absolute Gasteiger partial charge is 0.497 e. The number of hydrogen-bond acceptors (Lipinski definition) is 7. The molecule has 0 aromatic heterocycles. The van der Waals surface area contributed by atoms with E-state index in [-0.39, 0.29) is 12.4 Å². The van der Waals surface area contributed by atoms with Gasteiger partial charge in [-0.3, -0.25) is 9.59 Å². The summed E-state index contributed by atoms with van der Waals surface area (Å²) in [6, 6.07) is 10.9. The van der Waals surface area contributed by atoms with Crippen LogP contribution < -0.4 is 18.9 Å². The number of para-hydroxylation sites is 1. The SMILES string of the molecule is CCOC(=O)C1C(=O)C=C(c2ccc(OC)cc2OC)CC1c1cccc(OC)c1OC. The van der Waals surface area contributed by atoms with Crippen molar-refractivity contribution in [3.63, 3.8) is 0 Å². The normalized spacial score (nSPS) is 17.9. The van der Waals surface area contributed by atoms with Crippen molar-refractivity contribution in [2.45, 2.75) is 19.3 Å². The van der Waals surface area contributed by atoms with Crippen LogP contribution in [0.3, 0.4) is 0 Å². The summed E-state index contributed by atoms with van der Waals surface area (Å²) in [5, 5.41) is 0. The Morgan fingerprint density at radius 2 is 1.72 bits per heavy atom. The lowest BCUT2D eigenvalue weighted by atomic mass is 9.73. The third-order valence-corrected chi connectivity index (χ3v) is 5.59. The fourth-order valence-electron chi connectivity index (χ4n) is 4.13. The van der Waals surface area contributed by atoms with Crippen molar-refractivity contribution in [1.29, 1.82) is 0 Å². The highest BCUT2D eigenvalue weighted by molar-refractivity contribution is 6.11. The van der Waals surface area contributed by atoms with E-state index in [4.69, 9.17) is 23.7 Å². The van der Waals surface area contributed by atoms with Gasteiger partial charge in [-0.25, -0.2) is 0 Å². The van der Waals surface area contributed by atoms with Crippen molar-refractivity contribution in [3.8, 4) is 23.0 Å². The second-order valence-electron chi connectivity index (χ2n) is 7.26. The molecule has 7 nitrogen and oxygen atoms in total. The van der Waals surface area contributed by atoms with Crippen LogP contribution >= 0.6 is 0 Å². The van der Waals surface area contributed by atoms with Gasteiger partial charge in [-0.1, -0.05) is 12.1 Å². The molecule has 0 N–H and O–H groups in total. The summed E-state index contributed by atoms with van der Waals surface area (Å²) in [6.07, 6.45) is 1.91. The summed E-state index contributed by atoms with van der Waals surface area (Å²) in [4.78, 5) is 26.1. The number of carbonyl (C=O) groups excluding carboxylic acids is 2. The molecule has 0 heterocycles. The molecule has 3 rings (SSSR count). The molecule has 0 aliphatic heterocycles. The molecule has 2 aromatic carbocycles. The summed E-state index contributed by atoms with van der Waals surface area (Å²) in [5.41, 5.74) is 2.22. The lowest BCUT2D eigenvalue weighted by Crippen LogP contribution is -2.34. The van der Waals surface area contributed by atoms with Gasteiger partial charge in [-0.15, -0.1) is 0 Å². The number of allylic oxidation sites excluding steroid dienone is 2. The number of rotatable bonds is 8. The lowest BCUT2D eigenvalue weighted by molar-refractivity contribution is -0.151. The molecule has 0 saturated carbocycles. The number of ether oxygens (including phenoxy) is 5. The van der Waals surface area contributed by atoms with Crippen LogP contribution in [0.4, 0.5) is 0 Å². The molecule has 7 heteroatoms. The monoisotopic (exact) mass is 440 g/mol. The van der Waals surface area contributed by atoms with Gasteiger partial charge in [0.1, 0.15) is 17.4 Å². The summed E-state index contributed by atoms with van der Waals surface area (Å²) in [5.74, 6) is -0.120. The summed E-state index contributed by atoms with van der Waals surface area (Å²) in [7, 11) is 6.22. The quantitative estimate of drug-likeness (QED) is 0.453. The van der Waals surface area contributed by atoms with Gasteiger partial charge >= 0.3 is 5.97 Å². The number of ketones is 1. The Balaban J connectivity index is 2.14. The number of methoxy groups -OCH3 is 4. The number of hydrogen-bond donors (Lipinski definition) is 0. The minimum atomic E-state index is -0.982. The third-order valence-electron chi connectivity index (χ3n) is 5.59. The Kier molecular flexibility index (Phi) is 7.41. The maximum atomic E-state index is 13.2. The highest BCUT2D eigenvalue weighted by Crippen LogP contribution is 2.47. The van der Waals surface area contributed by atoms with Gasteiger partial charge in [0.15, 0.2) is 17.3 Å². The Bertz CT molecular complexity index is 1020. The van der Waals surface area contributed by atoms with E-state index in [2.05, 4.69) is 0 Å². The van der Waals surface area contributed by atoms with Crippen molar-refractivity contribution in [2.75, 3.05) is 35.0 Å². The zero-order chi connectivity index (χ0) is 23.3.